The summed E-state index contributed by atoms with van der Waals surface area (Å²) in [6.07, 6.45) is 4.45. The van der Waals surface area contributed by atoms with Crippen LogP contribution in [0.5, 0.6) is 0 Å². The van der Waals surface area contributed by atoms with Crippen LogP contribution in [0.3, 0.4) is 0 Å². The van der Waals surface area contributed by atoms with Crippen LogP contribution in [0.25, 0.3) is 0 Å². The van der Waals surface area contributed by atoms with Gasteiger partial charge in [0, 0.05) is 17.6 Å². The van der Waals surface area contributed by atoms with Gasteiger partial charge in [0.2, 0.25) is 0 Å². The van der Waals surface area contributed by atoms with Crippen LogP contribution in [-0.4, -0.2) is 47.6 Å². The first-order valence-electron chi connectivity index (χ1n) is 8.98. The molecule has 2 aliphatic heterocycles. The Bertz CT molecular complexity index is 690. The van der Waals surface area contributed by atoms with Gasteiger partial charge in [-0.15, -0.1) is 0 Å². The number of hydrogen-bond donors (Lipinski definition) is 1. The smallest absolute Gasteiger partial charge is 0.334 e. The number of carbonyl (C=O) groups is 2. The van der Waals surface area contributed by atoms with Gasteiger partial charge in [-0.05, 0) is 39.7 Å². The highest BCUT2D eigenvalue weighted by Gasteiger charge is 2.63. The van der Waals surface area contributed by atoms with Crippen LogP contribution in [0.15, 0.2) is 35.5 Å². The van der Waals surface area contributed by atoms with Crippen molar-refractivity contribution in [3.05, 3.63) is 35.5 Å². The largest absolute Gasteiger partial charge is 0.458 e. The number of aliphatic hydroxyl groups excluding tert-OH is 1. The van der Waals surface area contributed by atoms with E-state index in [0.29, 0.717) is 17.6 Å². The maximum Gasteiger partial charge on any atom is 0.334 e. The number of carbonyl (C=O) groups excluding carboxylic acids is 2. The van der Waals surface area contributed by atoms with Crippen LogP contribution in [0.2, 0.25) is 0 Å². The highest BCUT2D eigenvalue weighted by Crippen LogP contribution is 2.50. The molecule has 6 nitrogen and oxygen atoms in total. The highest BCUT2D eigenvalue weighted by molar-refractivity contribution is 5.91. The molecule has 0 spiro atoms. The maximum absolute atomic E-state index is 12.4. The minimum absolute atomic E-state index is 0.210. The number of aliphatic hydroxyl groups is 1. The fraction of sp³-hybridized carbons (Fsp3) is 0.600. The first kappa shape index (κ1) is 18.9. The molecule has 0 radical (unpaired) electrons. The molecular weight excluding hydrogens is 336 g/mol. The van der Waals surface area contributed by atoms with Gasteiger partial charge >= 0.3 is 11.9 Å². The summed E-state index contributed by atoms with van der Waals surface area (Å²) >= 11 is 0. The maximum atomic E-state index is 12.4. The highest BCUT2D eigenvalue weighted by atomic mass is 16.6. The van der Waals surface area contributed by atoms with Crippen molar-refractivity contribution in [1.82, 2.24) is 0 Å². The Balaban J connectivity index is 1.92. The molecule has 1 aliphatic carbocycles. The molecule has 0 amide bonds. The third-order valence-electron chi connectivity index (χ3n) is 5.54. The van der Waals surface area contributed by atoms with E-state index >= 15 is 0 Å². The molecule has 2 fully saturated rings. The zero-order valence-electron chi connectivity index (χ0n) is 15.5. The predicted molar refractivity (Wildman–Crippen MR) is 94.1 cm³/mol. The summed E-state index contributed by atoms with van der Waals surface area (Å²) in [5.74, 6) is -1.41. The van der Waals surface area contributed by atoms with Gasteiger partial charge < -0.3 is 19.3 Å². The van der Waals surface area contributed by atoms with Crippen molar-refractivity contribution >= 4 is 11.9 Å². The lowest BCUT2D eigenvalue weighted by Gasteiger charge is -2.28. The molecular formula is C20H26O6. The molecule has 0 unspecified atom stereocenters. The minimum atomic E-state index is -0.573. The Morgan fingerprint density at radius 1 is 1.54 bits per heavy atom. The van der Waals surface area contributed by atoms with Crippen LogP contribution in [0.4, 0.5) is 0 Å². The van der Waals surface area contributed by atoms with E-state index < -0.39 is 30.1 Å². The second-order valence-electron chi connectivity index (χ2n) is 7.58. The Labute approximate surface area is 153 Å². The fourth-order valence-corrected chi connectivity index (χ4v) is 3.86. The lowest BCUT2D eigenvalue weighted by atomic mass is 9.82. The van der Waals surface area contributed by atoms with E-state index in [2.05, 4.69) is 12.7 Å². The van der Waals surface area contributed by atoms with Crippen molar-refractivity contribution in [2.45, 2.75) is 63.9 Å². The summed E-state index contributed by atoms with van der Waals surface area (Å²) in [5.41, 5.74) is 1.40. The van der Waals surface area contributed by atoms with Crippen LogP contribution in [0, 0.1) is 5.92 Å². The van der Waals surface area contributed by atoms with E-state index in [0.717, 1.165) is 18.4 Å². The van der Waals surface area contributed by atoms with Crippen molar-refractivity contribution in [3.63, 3.8) is 0 Å². The number of rotatable bonds is 3. The zero-order chi connectivity index (χ0) is 19.1. The van der Waals surface area contributed by atoms with E-state index in [-0.39, 0.29) is 18.3 Å². The molecule has 0 bridgehead atoms. The summed E-state index contributed by atoms with van der Waals surface area (Å²) in [5, 5.41) is 8.99. The van der Waals surface area contributed by atoms with Gasteiger partial charge in [-0.1, -0.05) is 18.2 Å². The molecule has 0 aromatic heterocycles. The van der Waals surface area contributed by atoms with E-state index in [1.165, 1.54) is 6.08 Å². The number of epoxide rings is 1. The molecule has 3 aliphatic rings. The van der Waals surface area contributed by atoms with Crippen LogP contribution >= 0.6 is 0 Å². The first-order chi connectivity index (χ1) is 12.3. The number of fused-ring (bicyclic) bond motifs is 3. The summed E-state index contributed by atoms with van der Waals surface area (Å²) in [4.78, 5) is 24.6. The lowest BCUT2D eigenvalue weighted by Crippen LogP contribution is -2.38. The van der Waals surface area contributed by atoms with Gasteiger partial charge in [0.15, 0.2) is 0 Å². The molecule has 5 atom stereocenters. The normalized spacial score (nSPS) is 39.2. The number of ether oxygens (including phenoxy) is 3. The second-order valence-corrected chi connectivity index (χ2v) is 7.58. The van der Waals surface area contributed by atoms with E-state index in [1.54, 1.807) is 6.92 Å². The monoisotopic (exact) mass is 362 g/mol. The first-order valence-corrected chi connectivity index (χ1v) is 8.98. The number of allylic oxidation sites excluding steroid dienone is 1. The summed E-state index contributed by atoms with van der Waals surface area (Å²) < 4.78 is 17.2. The summed E-state index contributed by atoms with van der Waals surface area (Å²) in [7, 11) is 0. The lowest BCUT2D eigenvalue weighted by molar-refractivity contribution is -0.148. The van der Waals surface area contributed by atoms with Gasteiger partial charge in [0.1, 0.15) is 18.3 Å². The predicted octanol–water partition coefficient (Wildman–Crippen LogP) is 2.22. The zero-order valence-corrected chi connectivity index (χ0v) is 15.5. The Kier molecular flexibility index (Phi) is 5.08. The molecule has 0 aromatic rings. The van der Waals surface area contributed by atoms with Gasteiger partial charge in [-0.2, -0.15) is 0 Å². The molecule has 1 N–H and O–H groups in total. The molecule has 6 heteroatoms. The van der Waals surface area contributed by atoms with Crippen LogP contribution in [-0.2, 0) is 23.8 Å². The van der Waals surface area contributed by atoms with Gasteiger partial charge in [0.05, 0.1) is 18.1 Å². The van der Waals surface area contributed by atoms with E-state index in [9.17, 15) is 9.59 Å². The molecule has 26 heavy (non-hydrogen) atoms. The van der Waals surface area contributed by atoms with Crippen molar-refractivity contribution in [1.29, 1.82) is 0 Å². The second kappa shape index (κ2) is 7.00. The third kappa shape index (κ3) is 3.48. The van der Waals surface area contributed by atoms with Gasteiger partial charge in [0.25, 0.3) is 0 Å². The third-order valence-corrected chi connectivity index (χ3v) is 5.54. The van der Waals surface area contributed by atoms with Crippen molar-refractivity contribution in [2.75, 3.05) is 6.61 Å². The van der Waals surface area contributed by atoms with Gasteiger partial charge in [-0.25, -0.2) is 9.59 Å². The molecule has 0 saturated carbocycles. The SMILES string of the molecule is C=C1C(=O)O[C@H]2[C@H]1[C@H](OC(=O)/C(C)=C/CO)C/C(C)=C\CC[C@@]1(C)O[C@H]21. The fourth-order valence-electron chi connectivity index (χ4n) is 3.86. The van der Waals surface area contributed by atoms with E-state index in [1.807, 2.05) is 13.8 Å². The quantitative estimate of drug-likeness (QED) is 0.359. The molecule has 142 valence electrons. The Morgan fingerprint density at radius 2 is 2.27 bits per heavy atom. The standard InChI is InChI=1S/C20H26O6/c1-11-6-5-8-20(4)17(26-20)16-15(13(3)19(23)25-16)14(10-11)24-18(22)12(2)7-9-21/h6-7,14-17,21H,3,5,8-10H2,1-2,4H3/b11-6-,12-7+/t14-,15-,16+,17-,20-/m1/s1. The molecule has 0 aromatic carbocycles. The van der Waals surface area contributed by atoms with Crippen LogP contribution < -0.4 is 0 Å². The molecule has 2 saturated heterocycles. The average Bonchev–Trinajstić information content (AvgIpc) is 3.15. The summed E-state index contributed by atoms with van der Waals surface area (Å²) in [6.45, 7) is 9.25. The Hall–Kier alpha value is -1.92. The molecule has 3 rings (SSSR count). The van der Waals surface area contributed by atoms with Crippen LogP contribution in [0.1, 0.15) is 40.0 Å². The summed E-state index contributed by atoms with van der Waals surface area (Å²) in [6, 6.07) is 0. The number of esters is 2. The van der Waals surface area contributed by atoms with E-state index in [4.69, 9.17) is 19.3 Å². The topological polar surface area (TPSA) is 85.4 Å². The number of hydrogen-bond acceptors (Lipinski definition) is 6. The Morgan fingerprint density at radius 3 is 2.96 bits per heavy atom. The van der Waals surface area contributed by atoms with Gasteiger partial charge in [-0.3, -0.25) is 0 Å². The minimum Gasteiger partial charge on any atom is -0.458 e. The van der Waals surface area contributed by atoms with Crippen molar-refractivity contribution < 1.29 is 28.9 Å². The van der Waals surface area contributed by atoms with Crippen molar-refractivity contribution in [2.24, 2.45) is 5.92 Å². The molecule has 2 heterocycles. The average molecular weight is 362 g/mol. The van der Waals surface area contributed by atoms with Crippen molar-refractivity contribution in [3.8, 4) is 0 Å².